The average Bonchev–Trinajstić information content (AvgIpc) is 2.36. The molecule has 3 nitrogen and oxygen atoms in total. The molecule has 2 N–H and O–H groups in total. The first-order valence-electron chi connectivity index (χ1n) is 7.82. The molecule has 1 aromatic rings. The van der Waals surface area contributed by atoms with Gasteiger partial charge < -0.3 is 10.2 Å². The Hall–Kier alpha value is -0.900. The molecule has 0 fully saturated rings. The quantitative estimate of drug-likeness (QED) is 0.772. The van der Waals surface area contributed by atoms with E-state index in [2.05, 4.69) is 36.1 Å². The van der Waals surface area contributed by atoms with Gasteiger partial charge in [-0.2, -0.15) is 0 Å². The van der Waals surface area contributed by atoms with Crippen LogP contribution in [0.4, 0.5) is 0 Å². The van der Waals surface area contributed by atoms with Crippen LogP contribution in [0.2, 0.25) is 0 Å². The van der Waals surface area contributed by atoms with Crippen molar-refractivity contribution in [3.63, 3.8) is 0 Å². The summed E-state index contributed by atoms with van der Waals surface area (Å²) in [5, 5.41) is 19.9. The van der Waals surface area contributed by atoms with Crippen molar-refractivity contribution in [2.75, 3.05) is 13.1 Å². The molecule has 0 unspecified atom stereocenters. The summed E-state index contributed by atoms with van der Waals surface area (Å²) in [4.78, 5) is 2.34. The molecule has 3 heteroatoms. The molecular weight excluding hydrogens is 262 g/mol. The Morgan fingerprint density at radius 2 is 1.33 bits per heavy atom. The second kappa shape index (κ2) is 7.39. The van der Waals surface area contributed by atoms with Crippen LogP contribution in [0.3, 0.4) is 0 Å². The van der Waals surface area contributed by atoms with E-state index in [1.807, 2.05) is 33.8 Å². The Labute approximate surface area is 129 Å². The number of hydrogen-bond acceptors (Lipinski definition) is 3. The van der Waals surface area contributed by atoms with E-state index < -0.39 is 11.2 Å². The van der Waals surface area contributed by atoms with E-state index in [0.29, 0.717) is 0 Å². The smallest absolute Gasteiger partial charge is 0.0603 e. The third-order valence-electron chi connectivity index (χ3n) is 3.85. The van der Waals surface area contributed by atoms with Crippen LogP contribution < -0.4 is 0 Å². The van der Waals surface area contributed by atoms with Gasteiger partial charge in [-0.05, 0) is 53.0 Å². The van der Waals surface area contributed by atoms with Gasteiger partial charge in [-0.3, -0.25) is 4.90 Å². The summed E-state index contributed by atoms with van der Waals surface area (Å²) in [6, 6.07) is 10.7. The molecule has 1 atom stereocenters. The van der Waals surface area contributed by atoms with E-state index >= 15 is 0 Å². The van der Waals surface area contributed by atoms with Crippen LogP contribution in [0, 0.1) is 0 Å². The molecule has 0 saturated carbocycles. The molecule has 0 heterocycles. The highest BCUT2D eigenvalue weighted by atomic mass is 16.3. The minimum Gasteiger partial charge on any atom is -0.390 e. The van der Waals surface area contributed by atoms with E-state index in [1.54, 1.807) is 0 Å². The third-order valence-corrected chi connectivity index (χ3v) is 3.85. The maximum atomic E-state index is 9.97. The first-order valence-corrected chi connectivity index (χ1v) is 7.82. The number of aliphatic hydroxyl groups is 2. The molecule has 0 aliphatic heterocycles. The Morgan fingerprint density at radius 3 is 1.71 bits per heavy atom. The standard InChI is InChI=1S/C18H31NO2/c1-15(16-9-7-6-8-10-16)19(13-11-17(2,3)20)14-12-18(4,5)21/h6-10,15,20-21H,11-14H2,1-5H3/t15-/m0/s1. The summed E-state index contributed by atoms with van der Waals surface area (Å²) in [6.45, 7) is 11.2. The lowest BCUT2D eigenvalue weighted by Crippen LogP contribution is -2.36. The first kappa shape index (κ1) is 18.1. The average molecular weight is 293 g/mol. The zero-order chi connectivity index (χ0) is 16.1. The minimum atomic E-state index is -0.663. The molecule has 120 valence electrons. The topological polar surface area (TPSA) is 43.7 Å². The van der Waals surface area contributed by atoms with Crippen molar-refractivity contribution < 1.29 is 10.2 Å². The number of benzene rings is 1. The van der Waals surface area contributed by atoms with Gasteiger partial charge in [0, 0.05) is 19.1 Å². The highest BCUT2D eigenvalue weighted by molar-refractivity contribution is 5.18. The largest absolute Gasteiger partial charge is 0.390 e. The fourth-order valence-electron chi connectivity index (χ4n) is 2.28. The van der Waals surface area contributed by atoms with Crippen molar-refractivity contribution in [3.05, 3.63) is 35.9 Å². The third kappa shape index (κ3) is 7.60. The maximum Gasteiger partial charge on any atom is 0.0603 e. The Kier molecular flexibility index (Phi) is 6.39. The fourth-order valence-corrected chi connectivity index (χ4v) is 2.28. The molecule has 0 radical (unpaired) electrons. The molecule has 0 saturated heterocycles. The fraction of sp³-hybridized carbons (Fsp3) is 0.667. The molecule has 0 aliphatic rings. The van der Waals surface area contributed by atoms with E-state index in [-0.39, 0.29) is 6.04 Å². The highest BCUT2D eigenvalue weighted by Crippen LogP contribution is 2.23. The molecular formula is C18H31NO2. The van der Waals surface area contributed by atoms with Crippen LogP contribution in [-0.2, 0) is 0 Å². The van der Waals surface area contributed by atoms with Crippen LogP contribution in [0.1, 0.15) is 59.1 Å². The maximum absolute atomic E-state index is 9.97. The summed E-state index contributed by atoms with van der Waals surface area (Å²) in [7, 11) is 0. The van der Waals surface area contributed by atoms with Crippen molar-refractivity contribution in [2.45, 2.75) is 64.7 Å². The van der Waals surface area contributed by atoms with Crippen LogP contribution in [0.15, 0.2) is 30.3 Å². The lowest BCUT2D eigenvalue weighted by molar-refractivity contribution is 0.0329. The van der Waals surface area contributed by atoms with E-state index in [4.69, 9.17) is 0 Å². The van der Waals surface area contributed by atoms with E-state index in [0.717, 1.165) is 25.9 Å². The van der Waals surface area contributed by atoms with Gasteiger partial charge in [-0.15, -0.1) is 0 Å². The summed E-state index contributed by atoms with van der Waals surface area (Å²) in [6.07, 6.45) is 1.44. The predicted octanol–water partition coefficient (Wildman–Crippen LogP) is 3.37. The molecule has 0 aromatic heterocycles. The van der Waals surface area contributed by atoms with Gasteiger partial charge in [0.15, 0.2) is 0 Å². The van der Waals surface area contributed by atoms with Gasteiger partial charge in [0.25, 0.3) is 0 Å². The minimum absolute atomic E-state index is 0.274. The summed E-state index contributed by atoms with van der Waals surface area (Å²) in [5.41, 5.74) is -0.0590. The van der Waals surface area contributed by atoms with Gasteiger partial charge in [-0.1, -0.05) is 30.3 Å². The molecule has 1 rings (SSSR count). The normalized spacial score (nSPS) is 14.5. The summed E-state index contributed by atoms with van der Waals surface area (Å²) >= 11 is 0. The monoisotopic (exact) mass is 293 g/mol. The van der Waals surface area contributed by atoms with Gasteiger partial charge in [0.2, 0.25) is 0 Å². The molecule has 0 amide bonds. The second-order valence-electron chi connectivity index (χ2n) is 7.25. The van der Waals surface area contributed by atoms with Crippen molar-refractivity contribution in [2.24, 2.45) is 0 Å². The molecule has 0 spiro atoms. The van der Waals surface area contributed by atoms with Crippen molar-refractivity contribution in [3.8, 4) is 0 Å². The van der Waals surface area contributed by atoms with Gasteiger partial charge in [0.1, 0.15) is 0 Å². The van der Waals surface area contributed by atoms with E-state index in [1.165, 1.54) is 5.56 Å². The second-order valence-corrected chi connectivity index (χ2v) is 7.25. The highest BCUT2D eigenvalue weighted by Gasteiger charge is 2.22. The van der Waals surface area contributed by atoms with Crippen LogP contribution in [-0.4, -0.2) is 39.4 Å². The molecule has 21 heavy (non-hydrogen) atoms. The van der Waals surface area contributed by atoms with Crippen molar-refractivity contribution in [1.29, 1.82) is 0 Å². The van der Waals surface area contributed by atoms with Crippen LogP contribution in [0.25, 0.3) is 0 Å². The number of rotatable bonds is 8. The van der Waals surface area contributed by atoms with E-state index in [9.17, 15) is 10.2 Å². The Morgan fingerprint density at radius 1 is 0.905 bits per heavy atom. The zero-order valence-electron chi connectivity index (χ0n) is 14.1. The summed E-state index contributed by atoms with van der Waals surface area (Å²) in [5.74, 6) is 0. The Bertz CT molecular complexity index is 385. The number of hydrogen-bond donors (Lipinski definition) is 2. The Balaban J connectivity index is 2.75. The first-order chi connectivity index (χ1) is 9.58. The lowest BCUT2D eigenvalue weighted by Gasteiger charge is -2.33. The molecule has 0 bridgehead atoms. The zero-order valence-corrected chi connectivity index (χ0v) is 14.1. The van der Waals surface area contributed by atoms with Gasteiger partial charge in [-0.25, -0.2) is 0 Å². The van der Waals surface area contributed by atoms with Gasteiger partial charge >= 0.3 is 0 Å². The van der Waals surface area contributed by atoms with Crippen LogP contribution >= 0.6 is 0 Å². The lowest BCUT2D eigenvalue weighted by atomic mass is 10.00. The molecule has 1 aromatic carbocycles. The van der Waals surface area contributed by atoms with Gasteiger partial charge in [0.05, 0.1) is 11.2 Å². The van der Waals surface area contributed by atoms with Crippen LogP contribution in [0.5, 0.6) is 0 Å². The SMILES string of the molecule is C[C@@H](c1ccccc1)N(CCC(C)(C)O)CCC(C)(C)O. The molecule has 0 aliphatic carbocycles. The van der Waals surface area contributed by atoms with Crippen molar-refractivity contribution >= 4 is 0 Å². The van der Waals surface area contributed by atoms with Crippen molar-refractivity contribution in [1.82, 2.24) is 4.90 Å². The predicted molar refractivity (Wildman–Crippen MR) is 88.3 cm³/mol. The summed E-state index contributed by atoms with van der Waals surface area (Å²) < 4.78 is 0. The number of nitrogens with zero attached hydrogens (tertiary/aromatic N) is 1.